The van der Waals surface area contributed by atoms with Gasteiger partial charge in [0.25, 0.3) is 0 Å². The Balaban J connectivity index is 2.60. The first-order valence-electron chi connectivity index (χ1n) is 7.45. The lowest BCUT2D eigenvalue weighted by Crippen LogP contribution is -2.25. The number of benzene rings is 1. The molecule has 1 N–H and O–H groups in total. The number of ether oxygens (including phenoxy) is 2. The molecule has 0 saturated carbocycles. The van der Waals surface area contributed by atoms with Gasteiger partial charge in [-0.15, -0.1) is 0 Å². The zero-order valence-electron chi connectivity index (χ0n) is 13.6. The molecule has 3 heteroatoms. The van der Waals surface area contributed by atoms with Gasteiger partial charge in [0.05, 0.1) is 6.61 Å². The summed E-state index contributed by atoms with van der Waals surface area (Å²) in [6, 6.07) is 6.53. The van der Waals surface area contributed by atoms with E-state index in [0.717, 1.165) is 31.9 Å². The first-order valence-corrected chi connectivity index (χ1v) is 7.45. The maximum absolute atomic E-state index is 5.94. The Bertz CT molecular complexity index is 396. The lowest BCUT2D eigenvalue weighted by atomic mass is 9.85. The van der Waals surface area contributed by atoms with E-state index in [9.17, 15) is 0 Å². The van der Waals surface area contributed by atoms with Crippen LogP contribution in [0.2, 0.25) is 0 Å². The summed E-state index contributed by atoms with van der Waals surface area (Å²) >= 11 is 0. The van der Waals surface area contributed by atoms with Crippen LogP contribution < -0.4 is 10.1 Å². The highest BCUT2D eigenvalue weighted by Gasteiger charge is 2.19. The summed E-state index contributed by atoms with van der Waals surface area (Å²) in [5, 5.41) is 3.29. The summed E-state index contributed by atoms with van der Waals surface area (Å²) in [4.78, 5) is 0. The van der Waals surface area contributed by atoms with Crippen molar-refractivity contribution in [1.82, 2.24) is 5.32 Å². The van der Waals surface area contributed by atoms with Gasteiger partial charge in [-0.3, -0.25) is 0 Å². The zero-order chi connectivity index (χ0) is 15.0. The predicted molar refractivity (Wildman–Crippen MR) is 84.8 cm³/mol. The van der Waals surface area contributed by atoms with E-state index in [4.69, 9.17) is 9.47 Å². The third-order valence-electron chi connectivity index (χ3n) is 3.28. The van der Waals surface area contributed by atoms with Crippen molar-refractivity contribution in [3.8, 4) is 5.75 Å². The third kappa shape index (κ3) is 5.51. The van der Waals surface area contributed by atoms with Crippen LogP contribution in [0.15, 0.2) is 18.2 Å². The normalized spacial score (nSPS) is 11.7. The van der Waals surface area contributed by atoms with Gasteiger partial charge in [0, 0.05) is 20.2 Å². The fraction of sp³-hybridized carbons (Fsp3) is 0.647. The number of aryl methyl sites for hydroxylation is 1. The zero-order valence-corrected chi connectivity index (χ0v) is 13.6. The van der Waals surface area contributed by atoms with Gasteiger partial charge in [0.15, 0.2) is 0 Å². The monoisotopic (exact) mass is 279 g/mol. The molecule has 0 amide bonds. The standard InChI is InChI=1S/C17H29NO2/c1-6-14-7-8-16(15(13-14)17(2,3)4)20-12-10-18-9-11-19-5/h7-8,13,18H,6,9-12H2,1-5H3. The molecule has 1 rings (SSSR count). The van der Waals surface area contributed by atoms with Crippen molar-refractivity contribution >= 4 is 0 Å². The van der Waals surface area contributed by atoms with Crippen molar-refractivity contribution in [3.05, 3.63) is 29.3 Å². The quantitative estimate of drug-likeness (QED) is 0.742. The van der Waals surface area contributed by atoms with Crippen LogP contribution in [-0.2, 0) is 16.6 Å². The molecule has 0 bridgehead atoms. The summed E-state index contributed by atoms with van der Waals surface area (Å²) in [5.41, 5.74) is 2.75. The smallest absolute Gasteiger partial charge is 0.123 e. The molecule has 0 aromatic heterocycles. The number of rotatable bonds is 8. The minimum absolute atomic E-state index is 0.101. The molecular weight excluding hydrogens is 250 g/mol. The van der Waals surface area contributed by atoms with Crippen molar-refractivity contribution in [2.75, 3.05) is 33.4 Å². The van der Waals surface area contributed by atoms with Crippen molar-refractivity contribution in [3.63, 3.8) is 0 Å². The molecule has 0 heterocycles. The van der Waals surface area contributed by atoms with Gasteiger partial charge in [0.2, 0.25) is 0 Å². The van der Waals surface area contributed by atoms with Crippen LogP contribution in [0.25, 0.3) is 0 Å². The molecular formula is C17H29NO2. The van der Waals surface area contributed by atoms with E-state index in [2.05, 4.69) is 51.2 Å². The van der Waals surface area contributed by atoms with Crippen LogP contribution in [-0.4, -0.2) is 33.4 Å². The topological polar surface area (TPSA) is 30.5 Å². The molecule has 0 fully saturated rings. The summed E-state index contributed by atoms with van der Waals surface area (Å²) in [5.74, 6) is 1.00. The highest BCUT2D eigenvalue weighted by atomic mass is 16.5. The van der Waals surface area contributed by atoms with Crippen LogP contribution in [0.1, 0.15) is 38.8 Å². The molecule has 20 heavy (non-hydrogen) atoms. The van der Waals surface area contributed by atoms with Crippen molar-refractivity contribution < 1.29 is 9.47 Å². The largest absolute Gasteiger partial charge is 0.492 e. The molecule has 3 nitrogen and oxygen atoms in total. The molecule has 1 aromatic rings. The first-order chi connectivity index (χ1) is 9.49. The molecule has 0 saturated heterocycles. The number of methoxy groups -OCH3 is 1. The van der Waals surface area contributed by atoms with Crippen molar-refractivity contribution in [2.45, 2.75) is 39.5 Å². The van der Waals surface area contributed by atoms with Gasteiger partial charge in [-0.2, -0.15) is 0 Å². The number of nitrogens with one attached hydrogen (secondary N) is 1. The lowest BCUT2D eigenvalue weighted by molar-refractivity contribution is 0.196. The van der Waals surface area contributed by atoms with Crippen LogP contribution in [0, 0.1) is 0 Å². The van der Waals surface area contributed by atoms with E-state index in [1.165, 1.54) is 11.1 Å². The first kappa shape index (κ1) is 17.0. The summed E-state index contributed by atoms with van der Waals surface area (Å²) in [6.07, 6.45) is 1.06. The van der Waals surface area contributed by atoms with E-state index in [-0.39, 0.29) is 5.41 Å². The average Bonchev–Trinajstić information content (AvgIpc) is 2.41. The van der Waals surface area contributed by atoms with E-state index in [1.54, 1.807) is 7.11 Å². The predicted octanol–water partition coefficient (Wildman–Crippen LogP) is 3.16. The second kappa shape index (κ2) is 8.28. The van der Waals surface area contributed by atoms with Crippen molar-refractivity contribution in [1.29, 1.82) is 0 Å². The van der Waals surface area contributed by atoms with Gasteiger partial charge < -0.3 is 14.8 Å². The summed E-state index contributed by atoms with van der Waals surface area (Å²) in [7, 11) is 1.71. The maximum Gasteiger partial charge on any atom is 0.123 e. The van der Waals surface area contributed by atoms with Gasteiger partial charge in [-0.1, -0.05) is 39.8 Å². The summed E-state index contributed by atoms with van der Waals surface area (Å²) in [6.45, 7) is 12.0. The van der Waals surface area contributed by atoms with Crippen LogP contribution in [0.4, 0.5) is 0 Å². The Labute approximate surface area is 123 Å². The van der Waals surface area contributed by atoms with Crippen molar-refractivity contribution in [2.24, 2.45) is 0 Å². The molecule has 0 spiro atoms. The molecule has 0 aliphatic carbocycles. The minimum Gasteiger partial charge on any atom is -0.492 e. The van der Waals surface area contributed by atoms with E-state index < -0.39 is 0 Å². The molecule has 1 aromatic carbocycles. The average molecular weight is 279 g/mol. The third-order valence-corrected chi connectivity index (χ3v) is 3.28. The number of hydrogen-bond acceptors (Lipinski definition) is 3. The van der Waals surface area contributed by atoms with Gasteiger partial charge >= 0.3 is 0 Å². The molecule has 0 unspecified atom stereocenters. The van der Waals surface area contributed by atoms with E-state index >= 15 is 0 Å². The Hall–Kier alpha value is -1.06. The number of hydrogen-bond donors (Lipinski definition) is 1. The Morgan fingerprint density at radius 3 is 2.40 bits per heavy atom. The second-order valence-corrected chi connectivity index (χ2v) is 6.03. The summed E-state index contributed by atoms with van der Waals surface area (Å²) < 4.78 is 10.9. The molecule has 0 aliphatic heterocycles. The Morgan fingerprint density at radius 1 is 1.10 bits per heavy atom. The van der Waals surface area contributed by atoms with Crippen LogP contribution in [0.5, 0.6) is 5.75 Å². The van der Waals surface area contributed by atoms with Crippen LogP contribution >= 0.6 is 0 Å². The molecule has 0 aliphatic rings. The Kier molecular flexibility index (Phi) is 7.03. The van der Waals surface area contributed by atoms with Crippen LogP contribution in [0.3, 0.4) is 0 Å². The van der Waals surface area contributed by atoms with Gasteiger partial charge in [0.1, 0.15) is 12.4 Å². The molecule has 0 atom stereocenters. The van der Waals surface area contributed by atoms with Gasteiger partial charge in [-0.05, 0) is 29.0 Å². The van der Waals surface area contributed by atoms with Gasteiger partial charge in [-0.25, -0.2) is 0 Å². The Morgan fingerprint density at radius 2 is 1.80 bits per heavy atom. The lowest BCUT2D eigenvalue weighted by Gasteiger charge is -2.23. The maximum atomic E-state index is 5.94. The van der Waals surface area contributed by atoms with E-state index in [1.807, 2.05) is 0 Å². The molecule has 114 valence electrons. The fourth-order valence-corrected chi connectivity index (χ4v) is 2.04. The highest BCUT2D eigenvalue weighted by Crippen LogP contribution is 2.32. The van der Waals surface area contributed by atoms with E-state index in [0.29, 0.717) is 6.61 Å². The second-order valence-electron chi connectivity index (χ2n) is 6.03. The minimum atomic E-state index is 0.101. The fourth-order valence-electron chi connectivity index (χ4n) is 2.04. The SMILES string of the molecule is CCc1ccc(OCCNCCOC)c(C(C)(C)C)c1. The highest BCUT2D eigenvalue weighted by molar-refractivity contribution is 5.41. The molecule has 0 radical (unpaired) electrons.